The van der Waals surface area contributed by atoms with E-state index in [9.17, 15) is 16.8 Å². The van der Waals surface area contributed by atoms with Crippen molar-refractivity contribution in [3.8, 4) is 5.75 Å². The lowest BCUT2D eigenvalue weighted by atomic mass is 10.0. The van der Waals surface area contributed by atoms with Gasteiger partial charge in [-0.15, -0.1) is 0 Å². The van der Waals surface area contributed by atoms with Crippen LogP contribution >= 0.6 is 0 Å². The topological polar surface area (TPSA) is 80.8 Å². The van der Waals surface area contributed by atoms with Crippen LogP contribution in [0.5, 0.6) is 5.75 Å². The van der Waals surface area contributed by atoms with Crippen LogP contribution in [0.2, 0.25) is 0 Å². The Morgan fingerprint density at radius 1 is 0.964 bits per heavy atom. The first kappa shape index (κ1) is 19.4. The number of hydrogen-bond acceptors (Lipinski definition) is 5. The highest BCUT2D eigenvalue weighted by Gasteiger charge is 2.39. The maximum atomic E-state index is 12.8. The molecule has 1 aliphatic carbocycles. The van der Waals surface area contributed by atoms with E-state index in [1.165, 1.54) is 4.31 Å². The molecule has 1 aliphatic heterocycles. The molecule has 0 aromatic heterocycles. The molecular weight excluding hydrogens is 398 g/mol. The number of rotatable bonds is 6. The van der Waals surface area contributed by atoms with Crippen molar-refractivity contribution in [3.05, 3.63) is 54.1 Å². The quantitative estimate of drug-likeness (QED) is 0.716. The second-order valence-corrected chi connectivity index (χ2v) is 11.7. The first-order chi connectivity index (χ1) is 13.3. The van der Waals surface area contributed by atoms with E-state index in [0.29, 0.717) is 12.2 Å². The van der Waals surface area contributed by atoms with Gasteiger partial charge in [-0.2, -0.15) is 0 Å². The average Bonchev–Trinajstić information content (AvgIpc) is 3.54. The SMILES string of the molecule is CN(CC1CCc2ccc(S(=O)(=O)c3ccccc3)cc2O1)S(=O)(=O)C1CC1. The molecule has 28 heavy (non-hydrogen) atoms. The number of nitrogens with zero attached hydrogens (tertiary/aromatic N) is 1. The van der Waals surface area contributed by atoms with Gasteiger partial charge < -0.3 is 4.74 Å². The molecule has 0 N–H and O–H groups in total. The van der Waals surface area contributed by atoms with Crippen LogP contribution < -0.4 is 4.74 Å². The number of hydrogen-bond donors (Lipinski definition) is 0. The van der Waals surface area contributed by atoms with E-state index in [4.69, 9.17) is 4.74 Å². The van der Waals surface area contributed by atoms with Crippen LogP contribution in [0.3, 0.4) is 0 Å². The fraction of sp³-hybridized carbons (Fsp3) is 0.400. The Morgan fingerprint density at radius 2 is 1.68 bits per heavy atom. The molecule has 0 radical (unpaired) electrons. The van der Waals surface area contributed by atoms with Crippen LogP contribution in [0.25, 0.3) is 0 Å². The van der Waals surface area contributed by atoms with Crippen molar-refractivity contribution in [1.29, 1.82) is 0 Å². The van der Waals surface area contributed by atoms with Gasteiger partial charge in [-0.05, 0) is 55.5 Å². The first-order valence-corrected chi connectivity index (χ1v) is 12.3. The largest absolute Gasteiger partial charge is 0.489 e. The number of sulfonamides is 1. The summed E-state index contributed by atoms with van der Waals surface area (Å²) in [5, 5.41) is -0.254. The monoisotopic (exact) mass is 421 g/mol. The molecular formula is C20H23NO5S2. The van der Waals surface area contributed by atoms with Gasteiger partial charge in [0.25, 0.3) is 0 Å². The summed E-state index contributed by atoms with van der Waals surface area (Å²) in [6.45, 7) is 0.272. The third kappa shape index (κ3) is 3.68. The Morgan fingerprint density at radius 3 is 2.36 bits per heavy atom. The van der Waals surface area contributed by atoms with Crippen molar-refractivity contribution in [2.24, 2.45) is 0 Å². The van der Waals surface area contributed by atoms with E-state index in [0.717, 1.165) is 24.8 Å². The molecule has 1 saturated carbocycles. The molecule has 1 atom stereocenters. The third-order valence-corrected chi connectivity index (χ3v) is 9.37. The number of ether oxygens (including phenoxy) is 1. The van der Waals surface area contributed by atoms with Crippen LogP contribution in [0, 0.1) is 0 Å². The highest BCUT2D eigenvalue weighted by atomic mass is 32.2. The predicted molar refractivity (Wildman–Crippen MR) is 106 cm³/mol. The second-order valence-electron chi connectivity index (χ2n) is 7.39. The van der Waals surface area contributed by atoms with Crippen molar-refractivity contribution < 1.29 is 21.6 Å². The molecule has 0 spiro atoms. The summed E-state index contributed by atoms with van der Waals surface area (Å²) in [7, 11) is -5.29. The number of likely N-dealkylation sites (N-methyl/N-ethyl adjacent to an activating group) is 1. The zero-order valence-corrected chi connectivity index (χ0v) is 17.2. The average molecular weight is 422 g/mol. The van der Waals surface area contributed by atoms with Gasteiger partial charge in [-0.1, -0.05) is 24.3 Å². The zero-order valence-electron chi connectivity index (χ0n) is 15.6. The summed E-state index contributed by atoms with van der Waals surface area (Å²) in [6, 6.07) is 13.2. The van der Waals surface area contributed by atoms with Gasteiger partial charge >= 0.3 is 0 Å². The summed E-state index contributed by atoms with van der Waals surface area (Å²) in [4.78, 5) is 0.412. The fourth-order valence-electron chi connectivity index (χ4n) is 3.45. The highest BCUT2D eigenvalue weighted by molar-refractivity contribution is 7.91. The van der Waals surface area contributed by atoms with Gasteiger partial charge in [0.2, 0.25) is 19.9 Å². The van der Waals surface area contributed by atoms with Crippen molar-refractivity contribution in [2.75, 3.05) is 13.6 Å². The maximum Gasteiger partial charge on any atom is 0.216 e. The fourth-order valence-corrected chi connectivity index (χ4v) is 6.36. The van der Waals surface area contributed by atoms with E-state index >= 15 is 0 Å². The van der Waals surface area contributed by atoms with E-state index in [1.807, 2.05) is 0 Å². The Balaban J connectivity index is 1.54. The molecule has 1 unspecified atom stereocenters. The van der Waals surface area contributed by atoms with Crippen LogP contribution in [0.1, 0.15) is 24.8 Å². The molecule has 2 aromatic carbocycles. The van der Waals surface area contributed by atoms with Crippen molar-refractivity contribution in [2.45, 2.75) is 46.8 Å². The molecule has 0 amide bonds. The minimum absolute atomic E-state index is 0.178. The Kier molecular flexibility index (Phi) is 4.97. The summed E-state index contributed by atoms with van der Waals surface area (Å²) in [5.41, 5.74) is 0.941. The van der Waals surface area contributed by atoms with E-state index < -0.39 is 19.9 Å². The highest BCUT2D eigenvalue weighted by Crippen LogP contribution is 2.34. The minimum atomic E-state index is -3.63. The molecule has 1 heterocycles. The summed E-state index contributed by atoms with van der Waals surface area (Å²) >= 11 is 0. The van der Waals surface area contributed by atoms with Gasteiger partial charge in [-0.3, -0.25) is 0 Å². The second kappa shape index (κ2) is 7.17. The van der Waals surface area contributed by atoms with Crippen LogP contribution in [0.15, 0.2) is 58.3 Å². The molecule has 0 bridgehead atoms. The van der Waals surface area contributed by atoms with Crippen LogP contribution in [-0.4, -0.2) is 46.1 Å². The van der Waals surface area contributed by atoms with Gasteiger partial charge in [0.1, 0.15) is 11.9 Å². The lowest BCUT2D eigenvalue weighted by molar-refractivity contribution is 0.152. The van der Waals surface area contributed by atoms with Gasteiger partial charge in [-0.25, -0.2) is 21.1 Å². The van der Waals surface area contributed by atoms with E-state index in [1.54, 1.807) is 55.6 Å². The maximum absolute atomic E-state index is 12.8. The predicted octanol–water partition coefficient (Wildman–Crippen LogP) is 2.64. The normalized spacial score (nSPS) is 19.9. The Labute approximate surface area is 166 Å². The zero-order chi connectivity index (χ0) is 19.9. The first-order valence-electron chi connectivity index (χ1n) is 9.33. The van der Waals surface area contributed by atoms with Crippen LogP contribution in [0.4, 0.5) is 0 Å². The molecule has 8 heteroatoms. The van der Waals surface area contributed by atoms with Crippen molar-refractivity contribution in [1.82, 2.24) is 4.31 Å². The van der Waals surface area contributed by atoms with Crippen molar-refractivity contribution in [3.63, 3.8) is 0 Å². The summed E-state index contributed by atoms with van der Waals surface area (Å²) in [5.74, 6) is 0.519. The molecule has 4 rings (SSSR count). The molecule has 0 saturated heterocycles. The smallest absolute Gasteiger partial charge is 0.216 e. The summed E-state index contributed by atoms with van der Waals surface area (Å²) in [6.07, 6.45) is 2.58. The number of benzene rings is 2. The Hall–Kier alpha value is -1.90. The number of fused-ring (bicyclic) bond motifs is 1. The third-order valence-electron chi connectivity index (χ3n) is 5.27. The van der Waals surface area contributed by atoms with Gasteiger partial charge in [0, 0.05) is 7.05 Å². The van der Waals surface area contributed by atoms with E-state index in [2.05, 4.69) is 0 Å². The van der Waals surface area contributed by atoms with Crippen molar-refractivity contribution >= 4 is 19.9 Å². The molecule has 2 aliphatic rings. The minimum Gasteiger partial charge on any atom is -0.489 e. The Bertz CT molecular complexity index is 1080. The van der Waals surface area contributed by atoms with Crippen LogP contribution in [-0.2, 0) is 26.3 Å². The van der Waals surface area contributed by atoms with Gasteiger partial charge in [0.15, 0.2) is 0 Å². The standard InChI is InChI=1S/C20H23NO5S2/c1-21(28(24,25)18-11-12-18)14-16-9-7-15-8-10-19(13-20(15)26-16)27(22,23)17-5-3-2-4-6-17/h2-6,8,10,13,16,18H,7,9,11-12,14H2,1H3. The number of sulfone groups is 1. The summed E-state index contributed by atoms with van der Waals surface area (Å²) < 4.78 is 57.8. The lowest BCUT2D eigenvalue weighted by Crippen LogP contribution is -2.40. The molecule has 2 aromatic rings. The molecule has 6 nitrogen and oxygen atoms in total. The number of aryl methyl sites for hydroxylation is 1. The lowest BCUT2D eigenvalue weighted by Gasteiger charge is -2.29. The van der Waals surface area contributed by atoms with Gasteiger partial charge in [0.05, 0.1) is 21.6 Å². The van der Waals surface area contributed by atoms with E-state index in [-0.39, 0.29) is 27.7 Å². The molecule has 1 fully saturated rings. The molecule has 150 valence electrons.